The van der Waals surface area contributed by atoms with Gasteiger partial charge in [-0.2, -0.15) is 5.26 Å². The van der Waals surface area contributed by atoms with Crippen molar-refractivity contribution in [2.45, 2.75) is 13.0 Å². The van der Waals surface area contributed by atoms with Gasteiger partial charge in [-0.3, -0.25) is 4.98 Å². The van der Waals surface area contributed by atoms with Crippen molar-refractivity contribution in [1.82, 2.24) is 14.5 Å². The number of hydrogen-bond acceptors (Lipinski definition) is 3. The molecular weight excluding hydrogens is 260 g/mol. The molecule has 0 aliphatic heterocycles. The van der Waals surface area contributed by atoms with E-state index in [1.165, 1.54) is 0 Å². The highest BCUT2D eigenvalue weighted by Crippen LogP contribution is 2.10. The summed E-state index contributed by atoms with van der Waals surface area (Å²) in [6.45, 7) is 0.706. The van der Waals surface area contributed by atoms with Crippen molar-refractivity contribution in [2.75, 3.05) is 0 Å². The summed E-state index contributed by atoms with van der Waals surface area (Å²) in [5.74, 6) is 0.969. The van der Waals surface area contributed by atoms with Crippen molar-refractivity contribution in [3.8, 4) is 6.07 Å². The van der Waals surface area contributed by atoms with Gasteiger partial charge in [0, 0.05) is 37.3 Å². The lowest BCUT2D eigenvalue weighted by Crippen LogP contribution is -2.06. The topological polar surface area (TPSA) is 54.5 Å². The lowest BCUT2D eigenvalue weighted by atomic mass is 10.1. The van der Waals surface area contributed by atoms with Crippen LogP contribution in [0.3, 0.4) is 0 Å². The minimum Gasteiger partial charge on any atom is -0.330 e. The number of rotatable bonds is 4. The Bertz CT molecular complexity index is 769. The van der Waals surface area contributed by atoms with E-state index >= 15 is 0 Å². The first-order chi connectivity index (χ1) is 10.3. The van der Waals surface area contributed by atoms with Crippen molar-refractivity contribution >= 4 is 0 Å². The number of aromatic nitrogens is 3. The monoisotopic (exact) mass is 274 g/mol. The highest BCUT2D eigenvalue weighted by atomic mass is 15.1. The molecule has 0 bridgehead atoms. The molecule has 0 unspecified atom stereocenters. The predicted molar refractivity (Wildman–Crippen MR) is 79.5 cm³/mol. The molecule has 0 atom stereocenters. The first-order valence-electron chi connectivity index (χ1n) is 6.74. The second-order valence-corrected chi connectivity index (χ2v) is 4.78. The smallest absolute Gasteiger partial charge is 0.114 e. The molecule has 102 valence electrons. The zero-order chi connectivity index (χ0) is 14.5. The summed E-state index contributed by atoms with van der Waals surface area (Å²) in [6, 6.07) is 15.7. The van der Waals surface area contributed by atoms with Crippen LogP contribution in [0.5, 0.6) is 0 Å². The van der Waals surface area contributed by atoms with Crippen LogP contribution in [-0.2, 0) is 13.0 Å². The van der Waals surface area contributed by atoms with Crippen molar-refractivity contribution < 1.29 is 0 Å². The van der Waals surface area contributed by atoms with Gasteiger partial charge in [0.2, 0.25) is 0 Å². The highest BCUT2D eigenvalue weighted by Gasteiger charge is 2.06. The molecule has 0 spiro atoms. The average molecular weight is 274 g/mol. The number of benzene rings is 1. The second kappa shape index (κ2) is 6.02. The molecule has 0 saturated heterocycles. The highest BCUT2D eigenvalue weighted by molar-refractivity contribution is 5.33. The van der Waals surface area contributed by atoms with E-state index in [1.807, 2.05) is 48.7 Å². The van der Waals surface area contributed by atoms with Gasteiger partial charge in [-0.05, 0) is 29.8 Å². The second-order valence-electron chi connectivity index (χ2n) is 4.78. The van der Waals surface area contributed by atoms with E-state index in [1.54, 1.807) is 12.4 Å². The lowest BCUT2D eigenvalue weighted by molar-refractivity contribution is 0.735. The molecule has 0 N–H and O–H groups in total. The fourth-order valence-electron chi connectivity index (χ4n) is 2.25. The maximum Gasteiger partial charge on any atom is 0.114 e. The van der Waals surface area contributed by atoms with Gasteiger partial charge in [-0.15, -0.1) is 0 Å². The molecule has 0 aliphatic rings. The van der Waals surface area contributed by atoms with Crippen LogP contribution >= 0.6 is 0 Å². The van der Waals surface area contributed by atoms with Crippen LogP contribution < -0.4 is 0 Å². The number of imidazole rings is 1. The number of pyridine rings is 1. The molecule has 0 saturated carbocycles. The SMILES string of the molecule is N#Cc1cccc(Cn2ccnc2Cc2ccccn2)c1. The van der Waals surface area contributed by atoms with Gasteiger partial charge in [-0.25, -0.2) is 4.98 Å². The van der Waals surface area contributed by atoms with E-state index in [0.717, 1.165) is 17.1 Å². The third kappa shape index (κ3) is 3.15. The third-order valence-electron chi connectivity index (χ3n) is 3.28. The summed E-state index contributed by atoms with van der Waals surface area (Å²) < 4.78 is 2.09. The average Bonchev–Trinajstić information content (AvgIpc) is 2.95. The normalized spacial score (nSPS) is 10.2. The van der Waals surface area contributed by atoms with E-state index < -0.39 is 0 Å². The van der Waals surface area contributed by atoms with Crippen molar-refractivity contribution in [2.24, 2.45) is 0 Å². The van der Waals surface area contributed by atoms with Gasteiger partial charge >= 0.3 is 0 Å². The van der Waals surface area contributed by atoms with Gasteiger partial charge < -0.3 is 4.57 Å². The van der Waals surface area contributed by atoms with Crippen LogP contribution in [0.2, 0.25) is 0 Å². The zero-order valence-corrected chi connectivity index (χ0v) is 11.5. The van der Waals surface area contributed by atoms with Gasteiger partial charge in [0.25, 0.3) is 0 Å². The van der Waals surface area contributed by atoms with E-state index in [4.69, 9.17) is 5.26 Å². The van der Waals surface area contributed by atoms with Gasteiger partial charge in [0.1, 0.15) is 5.82 Å². The molecule has 4 heteroatoms. The molecular formula is C17H14N4. The lowest BCUT2D eigenvalue weighted by Gasteiger charge is -2.08. The summed E-state index contributed by atoms with van der Waals surface area (Å²) in [5.41, 5.74) is 2.77. The van der Waals surface area contributed by atoms with E-state index in [9.17, 15) is 0 Å². The van der Waals surface area contributed by atoms with Crippen LogP contribution in [0, 0.1) is 11.3 Å². The molecule has 0 radical (unpaired) electrons. The molecule has 3 rings (SSSR count). The molecule has 0 fully saturated rings. The Balaban J connectivity index is 1.81. The first kappa shape index (κ1) is 13.1. The number of hydrogen-bond donors (Lipinski definition) is 0. The van der Waals surface area contributed by atoms with Crippen molar-refractivity contribution in [1.29, 1.82) is 5.26 Å². The Kier molecular flexibility index (Phi) is 3.74. The number of nitriles is 1. The molecule has 3 aromatic rings. The molecule has 0 aliphatic carbocycles. The summed E-state index contributed by atoms with van der Waals surface area (Å²) in [4.78, 5) is 8.74. The Hall–Kier alpha value is -2.93. The maximum atomic E-state index is 8.96. The maximum absolute atomic E-state index is 8.96. The van der Waals surface area contributed by atoms with Crippen LogP contribution in [0.1, 0.15) is 22.6 Å². The first-order valence-corrected chi connectivity index (χ1v) is 6.74. The Labute approximate surface area is 123 Å². The minimum absolute atomic E-state index is 0.680. The predicted octanol–water partition coefficient (Wildman–Crippen LogP) is 2.79. The fraction of sp³-hybridized carbons (Fsp3) is 0.118. The summed E-state index contributed by atoms with van der Waals surface area (Å²) in [7, 11) is 0. The van der Waals surface area contributed by atoms with Gasteiger partial charge in [-0.1, -0.05) is 18.2 Å². The Morgan fingerprint density at radius 3 is 2.81 bits per heavy atom. The molecule has 0 amide bonds. The number of nitrogens with zero attached hydrogens (tertiary/aromatic N) is 4. The summed E-state index contributed by atoms with van der Waals surface area (Å²) in [5, 5.41) is 8.96. The summed E-state index contributed by atoms with van der Waals surface area (Å²) in [6.07, 6.45) is 6.24. The quantitative estimate of drug-likeness (QED) is 0.735. The van der Waals surface area contributed by atoms with Crippen LogP contribution in [0.15, 0.2) is 61.1 Å². The van der Waals surface area contributed by atoms with E-state index in [0.29, 0.717) is 18.5 Å². The van der Waals surface area contributed by atoms with Gasteiger partial charge in [0.05, 0.1) is 11.6 Å². The molecule has 4 nitrogen and oxygen atoms in total. The van der Waals surface area contributed by atoms with Crippen LogP contribution in [0.4, 0.5) is 0 Å². The van der Waals surface area contributed by atoms with Crippen molar-refractivity contribution in [3.05, 3.63) is 83.7 Å². The molecule has 21 heavy (non-hydrogen) atoms. The zero-order valence-electron chi connectivity index (χ0n) is 11.5. The Morgan fingerprint density at radius 2 is 2.00 bits per heavy atom. The minimum atomic E-state index is 0.680. The molecule has 2 heterocycles. The summed E-state index contributed by atoms with van der Waals surface area (Å²) >= 11 is 0. The molecule has 2 aromatic heterocycles. The fourth-order valence-corrected chi connectivity index (χ4v) is 2.25. The third-order valence-corrected chi connectivity index (χ3v) is 3.28. The van der Waals surface area contributed by atoms with E-state index in [-0.39, 0.29) is 0 Å². The standard InChI is InChI=1S/C17H14N4/c18-12-14-4-3-5-15(10-14)13-21-9-8-20-17(21)11-16-6-1-2-7-19-16/h1-10H,11,13H2. The largest absolute Gasteiger partial charge is 0.330 e. The molecule has 1 aromatic carbocycles. The van der Waals surface area contributed by atoms with E-state index in [2.05, 4.69) is 20.6 Å². The van der Waals surface area contributed by atoms with Crippen LogP contribution in [-0.4, -0.2) is 14.5 Å². The van der Waals surface area contributed by atoms with Crippen LogP contribution in [0.25, 0.3) is 0 Å². The Morgan fingerprint density at radius 1 is 1.05 bits per heavy atom. The van der Waals surface area contributed by atoms with Crippen molar-refractivity contribution in [3.63, 3.8) is 0 Å². The van der Waals surface area contributed by atoms with Gasteiger partial charge in [0.15, 0.2) is 0 Å².